The third-order valence-corrected chi connectivity index (χ3v) is 5.92. The van der Waals surface area contributed by atoms with Crippen LogP contribution in [0.1, 0.15) is 28.8 Å². The summed E-state index contributed by atoms with van der Waals surface area (Å²) in [7, 11) is -3.98. The molecule has 0 saturated carbocycles. The van der Waals surface area contributed by atoms with Gasteiger partial charge in [0, 0.05) is 24.4 Å². The Balaban J connectivity index is 1.92. The first-order chi connectivity index (χ1) is 13.2. The lowest BCUT2D eigenvalue weighted by Gasteiger charge is -2.18. The van der Waals surface area contributed by atoms with Crippen LogP contribution in [-0.2, 0) is 10.0 Å². The SMILES string of the molecule is Cc1cc(C)n(C(CNS(=O)(=O)c2cc([N+](=O)[O-])ccc2C)c2ccco2)n1. The Kier molecular flexibility index (Phi) is 5.34. The Bertz CT molecular complexity index is 1100. The molecule has 1 N–H and O–H groups in total. The number of sulfonamides is 1. The molecule has 1 atom stereocenters. The van der Waals surface area contributed by atoms with Crippen LogP contribution >= 0.6 is 0 Å². The van der Waals surface area contributed by atoms with Crippen molar-refractivity contribution < 1.29 is 17.8 Å². The van der Waals surface area contributed by atoms with Crippen molar-refractivity contribution in [2.24, 2.45) is 0 Å². The van der Waals surface area contributed by atoms with Gasteiger partial charge in [-0.15, -0.1) is 0 Å². The number of nitrogens with one attached hydrogen (secondary N) is 1. The summed E-state index contributed by atoms with van der Waals surface area (Å²) in [6.07, 6.45) is 1.51. The van der Waals surface area contributed by atoms with E-state index < -0.39 is 21.0 Å². The van der Waals surface area contributed by atoms with E-state index in [4.69, 9.17) is 4.42 Å². The van der Waals surface area contributed by atoms with E-state index in [1.807, 2.05) is 19.9 Å². The van der Waals surface area contributed by atoms with Crippen molar-refractivity contribution in [1.82, 2.24) is 14.5 Å². The summed E-state index contributed by atoms with van der Waals surface area (Å²) < 4.78 is 35.4. The molecule has 10 heteroatoms. The van der Waals surface area contributed by atoms with Gasteiger partial charge in [-0.3, -0.25) is 14.8 Å². The van der Waals surface area contributed by atoms with Gasteiger partial charge < -0.3 is 4.42 Å². The average molecular weight is 404 g/mol. The molecule has 9 nitrogen and oxygen atoms in total. The fourth-order valence-electron chi connectivity index (χ4n) is 3.01. The highest BCUT2D eigenvalue weighted by Crippen LogP contribution is 2.24. The Morgan fingerprint density at radius 3 is 2.57 bits per heavy atom. The maximum atomic E-state index is 12.8. The van der Waals surface area contributed by atoms with Gasteiger partial charge in [0.15, 0.2) is 0 Å². The highest BCUT2D eigenvalue weighted by atomic mass is 32.2. The number of nitro benzene ring substituents is 1. The van der Waals surface area contributed by atoms with Gasteiger partial charge >= 0.3 is 0 Å². The van der Waals surface area contributed by atoms with E-state index >= 15 is 0 Å². The molecule has 3 aromatic rings. The highest BCUT2D eigenvalue weighted by molar-refractivity contribution is 7.89. The molecule has 0 amide bonds. The van der Waals surface area contributed by atoms with Crippen molar-refractivity contribution in [2.45, 2.75) is 31.7 Å². The quantitative estimate of drug-likeness (QED) is 0.477. The molecule has 0 spiro atoms. The molecular weight excluding hydrogens is 384 g/mol. The molecule has 0 saturated heterocycles. The van der Waals surface area contributed by atoms with Crippen molar-refractivity contribution in [3.8, 4) is 0 Å². The minimum Gasteiger partial charge on any atom is -0.467 e. The van der Waals surface area contributed by atoms with Gasteiger partial charge in [0.25, 0.3) is 5.69 Å². The Morgan fingerprint density at radius 1 is 1.25 bits per heavy atom. The maximum Gasteiger partial charge on any atom is 0.270 e. The van der Waals surface area contributed by atoms with Crippen LogP contribution in [0.5, 0.6) is 0 Å². The van der Waals surface area contributed by atoms with Crippen molar-refractivity contribution in [1.29, 1.82) is 0 Å². The van der Waals surface area contributed by atoms with Crippen LogP contribution in [-0.4, -0.2) is 29.7 Å². The van der Waals surface area contributed by atoms with Crippen LogP contribution in [0.3, 0.4) is 0 Å². The zero-order valence-electron chi connectivity index (χ0n) is 15.6. The van der Waals surface area contributed by atoms with Gasteiger partial charge in [0.1, 0.15) is 11.8 Å². The van der Waals surface area contributed by atoms with Crippen molar-refractivity contribution >= 4 is 15.7 Å². The lowest BCUT2D eigenvalue weighted by Crippen LogP contribution is -2.32. The molecule has 0 radical (unpaired) electrons. The predicted molar refractivity (Wildman–Crippen MR) is 102 cm³/mol. The average Bonchev–Trinajstić information content (AvgIpc) is 3.25. The number of nitro groups is 1. The number of hydrogen-bond acceptors (Lipinski definition) is 6. The molecule has 1 unspecified atom stereocenters. The smallest absolute Gasteiger partial charge is 0.270 e. The zero-order chi connectivity index (χ0) is 20.5. The number of hydrogen-bond donors (Lipinski definition) is 1. The molecule has 2 heterocycles. The summed E-state index contributed by atoms with van der Waals surface area (Å²) >= 11 is 0. The Morgan fingerprint density at radius 2 is 2.00 bits per heavy atom. The third kappa shape index (κ3) is 3.97. The zero-order valence-corrected chi connectivity index (χ0v) is 16.4. The van der Waals surface area contributed by atoms with E-state index in [1.54, 1.807) is 23.7 Å². The van der Waals surface area contributed by atoms with Crippen LogP contribution in [0, 0.1) is 30.9 Å². The fourth-order valence-corrected chi connectivity index (χ4v) is 4.31. The number of benzene rings is 1. The van der Waals surface area contributed by atoms with Crippen LogP contribution in [0.2, 0.25) is 0 Å². The van der Waals surface area contributed by atoms with Gasteiger partial charge in [-0.2, -0.15) is 5.10 Å². The number of furan rings is 1. The summed E-state index contributed by atoms with van der Waals surface area (Å²) in [5.41, 5.74) is 1.78. The Hall–Kier alpha value is -2.98. The van der Waals surface area contributed by atoms with Gasteiger partial charge in [-0.25, -0.2) is 13.1 Å². The maximum absolute atomic E-state index is 12.8. The molecule has 3 rings (SSSR count). The minimum atomic E-state index is -3.98. The summed E-state index contributed by atoms with van der Waals surface area (Å²) in [5.74, 6) is 0.546. The van der Waals surface area contributed by atoms with Crippen LogP contribution in [0.4, 0.5) is 5.69 Å². The van der Waals surface area contributed by atoms with Gasteiger partial charge in [0.05, 0.1) is 21.8 Å². The first-order valence-corrected chi connectivity index (χ1v) is 9.98. The van der Waals surface area contributed by atoms with E-state index in [2.05, 4.69) is 9.82 Å². The fraction of sp³-hybridized carbons (Fsp3) is 0.278. The Labute approximate surface area is 162 Å². The van der Waals surface area contributed by atoms with Crippen LogP contribution < -0.4 is 4.72 Å². The molecule has 148 valence electrons. The normalized spacial score (nSPS) is 12.8. The van der Waals surface area contributed by atoms with E-state index in [1.165, 1.54) is 18.4 Å². The van der Waals surface area contributed by atoms with E-state index in [0.717, 1.165) is 17.5 Å². The molecule has 0 bridgehead atoms. The van der Waals surface area contributed by atoms with Crippen molar-refractivity contribution in [3.05, 3.63) is 75.5 Å². The second kappa shape index (κ2) is 7.56. The number of aryl methyl sites for hydroxylation is 3. The molecule has 0 aliphatic carbocycles. The van der Waals surface area contributed by atoms with Gasteiger partial charge in [0.2, 0.25) is 10.0 Å². The second-order valence-electron chi connectivity index (χ2n) is 6.46. The first kappa shape index (κ1) is 19.8. The molecular formula is C18H20N4O5S. The first-order valence-electron chi connectivity index (χ1n) is 8.50. The summed E-state index contributed by atoms with van der Waals surface area (Å²) in [5, 5.41) is 15.4. The topological polar surface area (TPSA) is 120 Å². The van der Waals surface area contributed by atoms with E-state index in [9.17, 15) is 18.5 Å². The summed E-state index contributed by atoms with van der Waals surface area (Å²) in [6.45, 7) is 5.28. The summed E-state index contributed by atoms with van der Waals surface area (Å²) in [4.78, 5) is 10.2. The van der Waals surface area contributed by atoms with Crippen molar-refractivity contribution in [3.63, 3.8) is 0 Å². The highest BCUT2D eigenvalue weighted by Gasteiger charge is 2.25. The lowest BCUT2D eigenvalue weighted by atomic mass is 10.2. The number of nitrogens with zero attached hydrogens (tertiary/aromatic N) is 3. The number of rotatable bonds is 7. The van der Waals surface area contributed by atoms with Crippen molar-refractivity contribution in [2.75, 3.05) is 6.54 Å². The lowest BCUT2D eigenvalue weighted by molar-refractivity contribution is -0.385. The van der Waals surface area contributed by atoms with Crippen LogP contribution in [0.15, 0.2) is 52.0 Å². The largest absolute Gasteiger partial charge is 0.467 e. The van der Waals surface area contributed by atoms with Gasteiger partial charge in [-0.05, 0) is 44.5 Å². The monoisotopic (exact) mass is 404 g/mol. The number of aromatic nitrogens is 2. The standard InChI is InChI=1S/C18H20N4O5S/c1-12-6-7-15(22(23)24)10-18(12)28(25,26)19-11-16(17-5-4-8-27-17)21-14(3)9-13(2)20-21/h4-10,16,19H,11H2,1-3H3. The van der Waals surface area contributed by atoms with Gasteiger partial charge in [-0.1, -0.05) is 6.07 Å². The number of non-ortho nitro benzene ring substituents is 1. The molecule has 0 aliphatic rings. The van der Waals surface area contributed by atoms with E-state index in [0.29, 0.717) is 11.3 Å². The third-order valence-electron chi connectivity index (χ3n) is 4.35. The summed E-state index contributed by atoms with van der Waals surface area (Å²) in [6, 6.07) is 8.59. The van der Waals surface area contributed by atoms with Crippen LogP contribution in [0.25, 0.3) is 0 Å². The molecule has 0 aliphatic heterocycles. The predicted octanol–water partition coefficient (Wildman–Crippen LogP) is 2.88. The molecule has 1 aromatic carbocycles. The molecule has 2 aromatic heterocycles. The molecule has 0 fully saturated rings. The molecule has 28 heavy (non-hydrogen) atoms. The minimum absolute atomic E-state index is 0.0278. The second-order valence-corrected chi connectivity index (χ2v) is 8.20. The van der Waals surface area contributed by atoms with E-state index in [-0.39, 0.29) is 17.1 Å².